The van der Waals surface area contributed by atoms with Crippen molar-refractivity contribution in [1.29, 1.82) is 0 Å². The molecule has 0 radical (unpaired) electrons. The van der Waals surface area contributed by atoms with Crippen LogP contribution >= 0.6 is 11.3 Å². The number of aryl methyl sites for hydroxylation is 1. The fourth-order valence-corrected chi connectivity index (χ4v) is 2.70. The van der Waals surface area contributed by atoms with Gasteiger partial charge in [-0.1, -0.05) is 6.42 Å². The van der Waals surface area contributed by atoms with Crippen molar-refractivity contribution in [2.45, 2.75) is 39.0 Å². The molecule has 1 aliphatic carbocycles. The van der Waals surface area contributed by atoms with E-state index in [9.17, 15) is 4.79 Å². The second-order valence-electron chi connectivity index (χ2n) is 3.65. The van der Waals surface area contributed by atoms with Gasteiger partial charge in [-0.2, -0.15) is 0 Å². The van der Waals surface area contributed by atoms with Gasteiger partial charge in [0.1, 0.15) is 0 Å². The molecule has 2 rings (SSSR count). The van der Waals surface area contributed by atoms with Gasteiger partial charge < -0.3 is 0 Å². The summed E-state index contributed by atoms with van der Waals surface area (Å²) in [4.78, 5) is 16.5. The van der Waals surface area contributed by atoms with Crippen LogP contribution in [0.2, 0.25) is 0 Å². The van der Waals surface area contributed by atoms with Crippen LogP contribution in [0.4, 0.5) is 0 Å². The molecule has 3 heteroatoms. The van der Waals surface area contributed by atoms with Gasteiger partial charge in [0.15, 0.2) is 5.78 Å². The predicted molar refractivity (Wildman–Crippen MR) is 53.4 cm³/mol. The van der Waals surface area contributed by atoms with Gasteiger partial charge in [-0.25, -0.2) is 4.98 Å². The summed E-state index contributed by atoms with van der Waals surface area (Å²) in [5.41, 5.74) is 0.916. The number of hydrogen-bond donors (Lipinski definition) is 0. The van der Waals surface area contributed by atoms with Crippen molar-refractivity contribution < 1.29 is 4.79 Å². The Morgan fingerprint density at radius 2 is 2.23 bits per heavy atom. The molecule has 0 amide bonds. The first-order chi connectivity index (χ1) is 6.18. The van der Waals surface area contributed by atoms with Crippen LogP contribution in [0.25, 0.3) is 0 Å². The summed E-state index contributed by atoms with van der Waals surface area (Å²) in [5, 5.41) is 1.17. The summed E-state index contributed by atoms with van der Waals surface area (Å²) in [6, 6.07) is 0. The van der Waals surface area contributed by atoms with Crippen LogP contribution in [-0.4, -0.2) is 10.8 Å². The lowest BCUT2D eigenvalue weighted by Gasteiger charge is -2.22. The Morgan fingerprint density at radius 3 is 2.62 bits per heavy atom. The highest BCUT2D eigenvalue weighted by atomic mass is 32.1. The Morgan fingerprint density at radius 1 is 1.54 bits per heavy atom. The third kappa shape index (κ3) is 1.53. The summed E-state index contributed by atoms with van der Waals surface area (Å²) in [5.74, 6) is 0.803. The summed E-state index contributed by atoms with van der Waals surface area (Å²) in [6.07, 6.45) is 3.83. The third-order valence-corrected chi connectivity index (χ3v) is 4.01. The number of hydrogen-bond acceptors (Lipinski definition) is 3. The highest BCUT2D eigenvalue weighted by Gasteiger charge is 2.24. The van der Waals surface area contributed by atoms with Crippen LogP contribution in [0.1, 0.15) is 52.5 Å². The third-order valence-electron chi connectivity index (χ3n) is 2.59. The Kier molecular flexibility index (Phi) is 2.20. The van der Waals surface area contributed by atoms with Gasteiger partial charge in [-0.3, -0.25) is 4.79 Å². The van der Waals surface area contributed by atoms with E-state index in [1.807, 2.05) is 6.92 Å². The monoisotopic (exact) mass is 195 g/mol. The van der Waals surface area contributed by atoms with Gasteiger partial charge in [0.25, 0.3) is 0 Å². The normalized spacial score (nSPS) is 17.1. The lowest BCUT2D eigenvalue weighted by molar-refractivity contribution is 0.102. The maximum atomic E-state index is 11.2. The van der Waals surface area contributed by atoms with E-state index < -0.39 is 0 Å². The van der Waals surface area contributed by atoms with Crippen molar-refractivity contribution in [3.05, 3.63) is 15.6 Å². The summed E-state index contributed by atoms with van der Waals surface area (Å²) in [7, 11) is 0. The van der Waals surface area contributed by atoms with E-state index in [0.29, 0.717) is 5.92 Å². The molecule has 0 aliphatic heterocycles. The van der Waals surface area contributed by atoms with Crippen LogP contribution < -0.4 is 0 Å². The van der Waals surface area contributed by atoms with Crippen molar-refractivity contribution in [2.75, 3.05) is 0 Å². The quantitative estimate of drug-likeness (QED) is 0.679. The van der Waals surface area contributed by atoms with Gasteiger partial charge >= 0.3 is 0 Å². The number of carbonyl (C=O) groups excluding carboxylic acids is 1. The van der Waals surface area contributed by atoms with Crippen molar-refractivity contribution in [2.24, 2.45) is 0 Å². The lowest BCUT2D eigenvalue weighted by Crippen LogP contribution is -2.07. The largest absolute Gasteiger partial charge is 0.294 e. The van der Waals surface area contributed by atoms with Gasteiger partial charge in [-0.15, -0.1) is 11.3 Å². The van der Waals surface area contributed by atoms with Crippen molar-refractivity contribution >= 4 is 17.1 Å². The highest BCUT2D eigenvalue weighted by Crippen LogP contribution is 2.39. The molecule has 1 heterocycles. The molecule has 0 spiro atoms. The van der Waals surface area contributed by atoms with E-state index in [-0.39, 0.29) is 5.78 Å². The number of nitrogens with zero attached hydrogens (tertiary/aromatic N) is 1. The molecule has 1 saturated carbocycles. The minimum Gasteiger partial charge on any atom is -0.294 e. The van der Waals surface area contributed by atoms with Gasteiger partial charge in [-0.05, 0) is 19.8 Å². The maximum absolute atomic E-state index is 11.2. The molecule has 1 aliphatic rings. The second kappa shape index (κ2) is 3.22. The fourth-order valence-electron chi connectivity index (χ4n) is 1.57. The Hall–Kier alpha value is -0.700. The first kappa shape index (κ1) is 8.88. The lowest BCUT2D eigenvalue weighted by atomic mass is 9.86. The van der Waals surface area contributed by atoms with Crippen LogP contribution in [-0.2, 0) is 0 Å². The highest BCUT2D eigenvalue weighted by molar-refractivity contribution is 7.13. The van der Waals surface area contributed by atoms with Crippen LogP contribution in [0.3, 0.4) is 0 Å². The Bertz CT molecular complexity index is 339. The zero-order valence-electron chi connectivity index (χ0n) is 7.96. The smallest absolute Gasteiger partial charge is 0.171 e. The number of thiazole rings is 1. The Labute approximate surface area is 82.0 Å². The number of rotatable bonds is 2. The van der Waals surface area contributed by atoms with E-state index in [0.717, 1.165) is 10.6 Å². The number of aromatic nitrogens is 1. The zero-order chi connectivity index (χ0) is 9.42. The van der Waals surface area contributed by atoms with E-state index in [4.69, 9.17) is 0 Å². The average Bonchev–Trinajstić information content (AvgIpc) is 2.27. The van der Waals surface area contributed by atoms with Gasteiger partial charge in [0.05, 0.1) is 15.6 Å². The predicted octanol–water partition coefficient (Wildman–Crippen LogP) is 2.92. The number of carbonyl (C=O) groups is 1. The average molecular weight is 195 g/mol. The Balaban J connectivity index is 2.28. The SMILES string of the molecule is CC(=O)c1sc(C2CCC2)nc1C. The second-order valence-corrected chi connectivity index (χ2v) is 4.68. The molecule has 70 valence electrons. The van der Waals surface area contributed by atoms with Crippen molar-refractivity contribution in [1.82, 2.24) is 4.98 Å². The van der Waals surface area contributed by atoms with Crippen LogP contribution in [0.5, 0.6) is 0 Å². The molecule has 13 heavy (non-hydrogen) atoms. The molecule has 0 atom stereocenters. The van der Waals surface area contributed by atoms with Gasteiger partial charge in [0.2, 0.25) is 0 Å². The molecular weight excluding hydrogens is 182 g/mol. The first-order valence-corrected chi connectivity index (χ1v) is 5.48. The standard InChI is InChI=1S/C10H13NOS/c1-6-9(7(2)12)13-10(11-6)8-4-3-5-8/h8H,3-5H2,1-2H3. The topological polar surface area (TPSA) is 30.0 Å². The molecule has 1 fully saturated rings. The van der Waals surface area contributed by atoms with E-state index in [1.165, 1.54) is 24.3 Å². The molecule has 1 aromatic heterocycles. The van der Waals surface area contributed by atoms with E-state index in [2.05, 4.69) is 4.98 Å². The molecule has 0 aromatic carbocycles. The number of Topliss-reactive ketones (excluding diaryl/α,β-unsaturated/α-hetero) is 1. The minimum atomic E-state index is 0.153. The van der Waals surface area contributed by atoms with Gasteiger partial charge in [0, 0.05) is 12.8 Å². The number of ketones is 1. The zero-order valence-corrected chi connectivity index (χ0v) is 8.78. The molecular formula is C10H13NOS. The summed E-state index contributed by atoms with van der Waals surface area (Å²) < 4.78 is 0. The molecule has 0 bridgehead atoms. The molecule has 0 saturated heterocycles. The van der Waals surface area contributed by atoms with Crippen LogP contribution in [0, 0.1) is 6.92 Å². The first-order valence-electron chi connectivity index (χ1n) is 4.66. The fraction of sp³-hybridized carbons (Fsp3) is 0.600. The molecule has 2 nitrogen and oxygen atoms in total. The van der Waals surface area contributed by atoms with Crippen molar-refractivity contribution in [3.8, 4) is 0 Å². The molecule has 0 unspecified atom stereocenters. The molecule has 1 aromatic rings. The maximum Gasteiger partial charge on any atom is 0.171 e. The van der Waals surface area contributed by atoms with Crippen LogP contribution in [0.15, 0.2) is 0 Å². The van der Waals surface area contributed by atoms with E-state index in [1.54, 1.807) is 18.3 Å². The van der Waals surface area contributed by atoms with E-state index >= 15 is 0 Å². The minimum absolute atomic E-state index is 0.153. The van der Waals surface area contributed by atoms with Crippen molar-refractivity contribution in [3.63, 3.8) is 0 Å². The molecule has 0 N–H and O–H groups in total. The summed E-state index contributed by atoms with van der Waals surface area (Å²) in [6.45, 7) is 3.54. The summed E-state index contributed by atoms with van der Waals surface area (Å²) >= 11 is 1.59.